The molecule has 1 atom stereocenters. The van der Waals surface area contributed by atoms with E-state index in [4.69, 9.17) is 4.74 Å². The topological polar surface area (TPSA) is 34.2 Å². The van der Waals surface area contributed by atoms with Gasteiger partial charge < -0.3 is 10.1 Å². The summed E-state index contributed by atoms with van der Waals surface area (Å²) >= 11 is 1.75. The molecule has 0 amide bonds. The van der Waals surface area contributed by atoms with Crippen molar-refractivity contribution in [3.63, 3.8) is 0 Å². The van der Waals surface area contributed by atoms with Gasteiger partial charge in [-0.15, -0.1) is 11.3 Å². The van der Waals surface area contributed by atoms with Crippen molar-refractivity contribution in [2.75, 3.05) is 7.11 Å². The molecule has 0 aliphatic carbocycles. The molecule has 102 valence electrons. The van der Waals surface area contributed by atoms with E-state index in [9.17, 15) is 0 Å². The molecule has 0 bridgehead atoms. The number of nitrogens with one attached hydrogen (secondary N) is 1. The summed E-state index contributed by atoms with van der Waals surface area (Å²) in [5.74, 6) is 0.897. The van der Waals surface area contributed by atoms with Gasteiger partial charge in [0.15, 0.2) is 0 Å². The van der Waals surface area contributed by atoms with Gasteiger partial charge in [-0.05, 0) is 31.0 Å². The van der Waals surface area contributed by atoms with Crippen LogP contribution in [-0.2, 0) is 6.54 Å². The Hall–Kier alpha value is -1.39. The number of rotatable bonds is 6. The van der Waals surface area contributed by atoms with Crippen LogP contribution in [0.4, 0.5) is 0 Å². The Kier molecular flexibility index (Phi) is 4.93. The molecule has 1 heterocycles. The van der Waals surface area contributed by atoms with Crippen molar-refractivity contribution in [2.24, 2.45) is 0 Å². The molecule has 0 spiro atoms. The third-order valence-corrected chi connectivity index (χ3v) is 4.01. The number of nitrogens with zero attached hydrogens (tertiary/aromatic N) is 1. The lowest BCUT2D eigenvalue weighted by molar-refractivity contribution is 0.414. The van der Waals surface area contributed by atoms with E-state index < -0.39 is 0 Å². The van der Waals surface area contributed by atoms with E-state index in [-0.39, 0.29) is 0 Å². The molecule has 0 saturated heterocycles. The Morgan fingerprint density at radius 2 is 2.05 bits per heavy atom. The fourth-order valence-electron chi connectivity index (χ4n) is 2.03. The fourth-order valence-corrected chi connectivity index (χ4v) is 2.77. The first-order valence-electron chi connectivity index (χ1n) is 6.51. The molecule has 2 rings (SSSR count). The average molecular weight is 276 g/mol. The zero-order valence-electron chi connectivity index (χ0n) is 11.6. The number of benzene rings is 1. The van der Waals surface area contributed by atoms with Gasteiger partial charge >= 0.3 is 0 Å². The van der Waals surface area contributed by atoms with Gasteiger partial charge in [-0.3, -0.25) is 0 Å². The van der Waals surface area contributed by atoms with Crippen molar-refractivity contribution < 1.29 is 4.74 Å². The third kappa shape index (κ3) is 3.78. The Labute approximate surface area is 118 Å². The molecule has 3 nitrogen and oxygen atoms in total. The minimum atomic E-state index is 0.357. The van der Waals surface area contributed by atoms with E-state index in [2.05, 4.69) is 36.3 Å². The summed E-state index contributed by atoms with van der Waals surface area (Å²) in [7, 11) is 1.69. The Balaban J connectivity index is 1.98. The van der Waals surface area contributed by atoms with Crippen molar-refractivity contribution in [1.29, 1.82) is 0 Å². The molecule has 1 unspecified atom stereocenters. The molecule has 0 fully saturated rings. The van der Waals surface area contributed by atoms with Gasteiger partial charge in [0.2, 0.25) is 0 Å². The Bertz CT molecular complexity index is 507. The lowest BCUT2D eigenvalue weighted by atomic mass is 10.0. The predicted octanol–water partition coefficient (Wildman–Crippen LogP) is 3.70. The quantitative estimate of drug-likeness (QED) is 0.873. The minimum Gasteiger partial charge on any atom is -0.497 e. The van der Waals surface area contributed by atoms with Gasteiger partial charge in [0.25, 0.3) is 0 Å². The van der Waals surface area contributed by atoms with E-state index >= 15 is 0 Å². The van der Waals surface area contributed by atoms with Crippen LogP contribution in [0, 0.1) is 6.92 Å². The number of hydrogen-bond acceptors (Lipinski definition) is 4. The van der Waals surface area contributed by atoms with Gasteiger partial charge in [0.05, 0.1) is 7.11 Å². The van der Waals surface area contributed by atoms with Crippen LogP contribution < -0.4 is 10.1 Å². The van der Waals surface area contributed by atoms with Gasteiger partial charge in [-0.1, -0.05) is 19.1 Å². The van der Waals surface area contributed by atoms with Crippen LogP contribution in [0.3, 0.4) is 0 Å². The van der Waals surface area contributed by atoms with Crippen LogP contribution in [0.25, 0.3) is 0 Å². The van der Waals surface area contributed by atoms with E-state index in [0.29, 0.717) is 6.04 Å². The third-order valence-electron chi connectivity index (χ3n) is 3.10. The van der Waals surface area contributed by atoms with E-state index in [0.717, 1.165) is 23.7 Å². The number of methoxy groups -OCH3 is 1. The van der Waals surface area contributed by atoms with Crippen LogP contribution in [-0.4, -0.2) is 12.1 Å². The van der Waals surface area contributed by atoms with Crippen LogP contribution >= 0.6 is 11.3 Å². The van der Waals surface area contributed by atoms with Crippen molar-refractivity contribution >= 4 is 11.3 Å². The second kappa shape index (κ2) is 6.68. The maximum Gasteiger partial charge on any atom is 0.118 e. The van der Waals surface area contributed by atoms with Crippen LogP contribution in [0.1, 0.15) is 34.8 Å². The second-order valence-corrected chi connectivity index (χ2v) is 5.80. The zero-order chi connectivity index (χ0) is 13.7. The summed E-state index contributed by atoms with van der Waals surface area (Å²) < 4.78 is 5.19. The average Bonchev–Trinajstić information content (AvgIpc) is 2.86. The number of ether oxygens (including phenoxy) is 1. The molecule has 0 saturated carbocycles. The summed E-state index contributed by atoms with van der Waals surface area (Å²) in [4.78, 5) is 5.64. The first kappa shape index (κ1) is 14.0. The largest absolute Gasteiger partial charge is 0.497 e. The smallest absolute Gasteiger partial charge is 0.118 e. The van der Waals surface area contributed by atoms with Crippen LogP contribution in [0.15, 0.2) is 30.5 Å². The maximum absolute atomic E-state index is 5.19. The van der Waals surface area contributed by atoms with E-state index in [1.165, 1.54) is 10.4 Å². The summed E-state index contributed by atoms with van der Waals surface area (Å²) in [5.41, 5.74) is 1.29. The molecule has 0 aliphatic rings. The summed E-state index contributed by atoms with van der Waals surface area (Å²) in [5, 5.41) is 4.70. The first-order chi connectivity index (χ1) is 9.22. The molecule has 4 heteroatoms. The molecule has 19 heavy (non-hydrogen) atoms. The lowest BCUT2D eigenvalue weighted by Crippen LogP contribution is -2.20. The highest BCUT2D eigenvalue weighted by molar-refractivity contribution is 7.11. The van der Waals surface area contributed by atoms with Crippen molar-refractivity contribution in [1.82, 2.24) is 10.3 Å². The molecular formula is C15H20N2OS. The van der Waals surface area contributed by atoms with Crippen molar-refractivity contribution in [2.45, 2.75) is 32.9 Å². The Morgan fingerprint density at radius 1 is 1.32 bits per heavy atom. The summed E-state index contributed by atoms with van der Waals surface area (Å²) in [6.45, 7) is 5.10. The van der Waals surface area contributed by atoms with Gasteiger partial charge in [0, 0.05) is 23.7 Å². The normalized spacial score (nSPS) is 12.4. The van der Waals surface area contributed by atoms with Gasteiger partial charge in [-0.2, -0.15) is 0 Å². The highest BCUT2D eigenvalue weighted by atomic mass is 32.1. The number of thiazole rings is 1. The predicted molar refractivity (Wildman–Crippen MR) is 79.7 cm³/mol. The minimum absolute atomic E-state index is 0.357. The van der Waals surface area contributed by atoms with Crippen LogP contribution in [0.2, 0.25) is 0 Å². The second-order valence-electron chi connectivity index (χ2n) is 4.48. The summed E-state index contributed by atoms with van der Waals surface area (Å²) in [6.07, 6.45) is 2.98. The number of aryl methyl sites for hydroxylation is 1. The molecule has 1 aromatic carbocycles. The highest BCUT2D eigenvalue weighted by Gasteiger charge is 2.09. The monoisotopic (exact) mass is 276 g/mol. The van der Waals surface area contributed by atoms with Gasteiger partial charge in [-0.25, -0.2) is 4.98 Å². The van der Waals surface area contributed by atoms with E-state index in [1.807, 2.05) is 18.3 Å². The highest BCUT2D eigenvalue weighted by Crippen LogP contribution is 2.21. The molecular weight excluding hydrogens is 256 g/mol. The first-order valence-corrected chi connectivity index (χ1v) is 7.33. The molecule has 0 aliphatic heterocycles. The number of aromatic nitrogens is 1. The summed E-state index contributed by atoms with van der Waals surface area (Å²) in [6, 6.07) is 8.61. The van der Waals surface area contributed by atoms with Crippen molar-refractivity contribution in [3.8, 4) is 5.75 Å². The zero-order valence-corrected chi connectivity index (χ0v) is 12.5. The Morgan fingerprint density at radius 3 is 2.58 bits per heavy atom. The van der Waals surface area contributed by atoms with E-state index in [1.54, 1.807) is 18.4 Å². The standard InChI is InChI=1S/C15H20N2OS/c1-4-14(12-5-7-13(18-3)8-6-12)16-10-15-17-9-11(2)19-15/h5-9,14,16H,4,10H2,1-3H3. The lowest BCUT2D eigenvalue weighted by Gasteiger charge is -2.17. The van der Waals surface area contributed by atoms with Gasteiger partial charge in [0.1, 0.15) is 10.8 Å². The SMILES string of the molecule is CCC(NCc1ncc(C)s1)c1ccc(OC)cc1. The number of hydrogen-bond donors (Lipinski definition) is 1. The molecule has 2 aromatic rings. The molecule has 1 aromatic heterocycles. The molecule has 0 radical (unpaired) electrons. The fraction of sp³-hybridized carbons (Fsp3) is 0.400. The maximum atomic E-state index is 5.19. The van der Waals surface area contributed by atoms with Crippen LogP contribution in [0.5, 0.6) is 5.75 Å². The molecule has 1 N–H and O–H groups in total. The van der Waals surface area contributed by atoms with Crippen molar-refractivity contribution in [3.05, 3.63) is 45.9 Å².